The number of benzene rings is 1. The summed E-state index contributed by atoms with van der Waals surface area (Å²) in [5, 5.41) is 4.09. The van der Waals surface area contributed by atoms with Gasteiger partial charge in [-0.05, 0) is 35.9 Å². The van der Waals surface area contributed by atoms with Crippen molar-refractivity contribution in [2.45, 2.75) is 38.9 Å². The van der Waals surface area contributed by atoms with Crippen LogP contribution in [0.3, 0.4) is 0 Å². The van der Waals surface area contributed by atoms with E-state index in [1.165, 1.54) is 7.11 Å². The molecule has 150 valence electrons. The molecule has 1 aliphatic heterocycles. The number of fused-ring (bicyclic) bond motifs is 1. The number of amides is 2. The number of methoxy groups -OCH3 is 1. The summed E-state index contributed by atoms with van der Waals surface area (Å²) in [6.07, 6.45) is 1.38. The third kappa shape index (κ3) is 3.46. The number of aryl methyl sites for hydroxylation is 1. The molecule has 0 spiro atoms. The highest BCUT2D eigenvalue weighted by molar-refractivity contribution is 6.02. The monoisotopic (exact) mass is 389 g/mol. The van der Waals surface area contributed by atoms with Crippen molar-refractivity contribution in [3.63, 3.8) is 0 Å². The van der Waals surface area contributed by atoms with Crippen molar-refractivity contribution in [2.24, 2.45) is 11.7 Å². The van der Waals surface area contributed by atoms with Crippen LogP contribution >= 0.6 is 0 Å². The van der Waals surface area contributed by atoms with Crippen LogP contribution in [0.5, 0.6) is 11.6 Å². The number of carbonyl (C=O) groups excluding carboxylic acids is 2. The number of nitrogens with one attached hydrogen (secondary N) is 1. The first-order valence-electron chi connectivity index (χ1n) is 9.27. The molecule has 1 fully saturated rings. The molecule has 2 aromatic rings. The number of pyridine rings is 1. The molecule has 7 nitrogen and oxygen atoms in total. The van der Waals surface area contributed by atoms with Crippen molar-refractivity contribution in [3.05, 3.63) is 29.5 Å². The molecule has 1 aliphatic rings. The van der Waals surface area contributed by atoms with Crippen LogP contribution in [0.25, 0.3) is 10.8 Å². The van der Waals surface area contributed by atoms with E-state index in [9.17, 15) is 14.0 Å². The lowest BCUT2D eigenvalue weighted by atomic mass is 9.97. The molecule has 2 amide bonds. The number of carbonyl (C=O) groups is 2. The van der Waals surface area contributed by atoms with Crippen LogP contribution in [-0.2, 0) is 11.2 Å². The second kappa shape index (κ2) is 8.00. The number of hydrogen-bond acceptors (Lipinski definition) is 5. The van der Waals surface area contributed by atoms with Gasteiger partial charge in [-0.2, -0.15) is 0 Å². The molecule has 0 aliphatic carbocycles. The van der Waals surface area contributed by atoms with E-state index in [0.29, 0.717) is 29.9 Å². The quantitative estimate of drug-likeness (QED) is 0.755. The average Bonchev–Trinajstić information content (AvgIpc) is 2.97. The Kier molecular flexibility index (Phi) is 5.67. The van der Waals surface area contributed by atoms with Crippen molar-refractivity contribution in [3.8, 4) is 11.6 Å². The summed E-state index contributed by atoms with van der Waals surface area (Å²) in [4.78, 5) is 27.8. The Morgan fingerprint density at radius 2 is 2.07 bits per heavy atom. The number of hydrogen-bond donors (Lipinski definition) is 2. The molecule has 8 heteroatoms. The molecule has 0 bridgehead atoms. The molecule has 0 saturated carbocycles. The summed E-state index contributed by atoms with van der Waals surface area (Å²) in [7, 11) is 1.45. The van der Waals surface area contributed by atoms with Gasteiger partial charge in [0.1, 0.15) is 12.4 Å². The summed E-state index contributed by atoms with van der Waals surface area (Å²) in [5.74, 6) is -0.983. The molecular formula is C20H24FN3O4. The summed E-state index contributed by atoms with van der Waals surface area (Å²) in [6, 6.07) is 2.91. The zero-order valence-corrected chi connectivity index (χ0v) is 16.1. The molecule has 0 unspecified atom stereocenters. The lowest BCUT2D eigenvalue weighted by Crippen LogP contribution is -2.34. The van der Waals surface area contributed by atoms with E-state index in [1.54, 1.807) is 18.3 Å². The minimum absolute atomic E-state index is 0.0954. The van der Waals surface area contributed by atoms with Gasteiger partial charge in [0.05, 0.1) is 18.7 Å². The summed E-state index contributed by atoms with van der Waals surface area (Å²) in [6.45, 7) is 3.91. The molecule has 2 heterocycles. The Hall–Kier alpha value is -2.90. The summed E-state index contributed by atoms with van der Waals surface area (Å²) < 4.78 is 25.1. The van der Waals surface area contributed by atoms with E-state index in [2.05, 4.69) is 10.3 Å². The van der Waals surface area contributed by atoms with Gasteiger partial charge in [-0.15, -0.1) is 0 Å². The van der Waals surface area contributed by atoms with Gasteiger partial charge in [-0.1, -0.05) is 13.8 Å². The maximum Gasteiger partial charge on any atom is 0.255 e. The van der Waals surface area contributed by atoms with Crippen molar-refractivity contribution in [1.82, 2.24) is 10.3 Å². The van der Waals surface area contributed by atoms with Gasteiger partial charge in [-0.3, -0.25) is 9.59 Å². The zero-order valence-electron chi connectivity index (χ0n) is 16.1. The van der Waals surface area contributed by atoms with Gasteiger partial charge < -0.3 is 20.5 Å². The topological polar surface area (TPSA) is 104 Å². The third-order valence-electron chi connectivity index (χ3n) is 5.24. The predicted octanol–water partition coefficient (Wildman–Crippen LogP) is 2.15. The minimum Gasteiger partial charge on any atom is -0.496 e. The van der Waals surface area contributed by atoms with E-state index < -0.39 is 29.9 Å². The molecule has 3 atom stereocenters. The fourth-order valence-electron chi connectivity index (χ4n) is 3.65. The van der Waals surface area contributed by atoms with E-state index in [4.69, 9.17) is 15.2 Å². The fraction of sp³-hybridized carbons (Fsp3) is 0.450. The number of alkyl halides is 1. The first-order chi connectivity index (χ1) is 13.4. The number of primary amides is 1. The minimum atomic E-state index is -1.52. The highest BCUT2D eigenvalue weighted by atomic mass is 19.1. The SMILES string of the molecule is CCc1cnc(OC[C@H]2NC(=O)[C@@H](F)[C@H]2CC)c2cc(OC)c(C(N)=O)cc12. The molecule has 1 aromatic carbocycles. The number of nitrogens with two attached hydrogens (primary N) is 1. The number of aromatic nitrogens is 1. The van der Waals surface area contributed by atoms with Crippen molar-refractivity contribution >= 4 is 22.6 Å². The summed E-state index contributed by atoms with van der Waals surface area (Å²) in [5.41, 5.74) is 6.67. The highest BCUT2D eigenvalue weighted by Crippen LogP contribution is 2.33. The van der Waals surface area contributed by atoms with Gasteiger partial charge in [-0.25, -0.2) is 9.37 Å². The van der Waals surface area contributed by atoms with Crippen LogP contribution in [0.4, 0.5) is 4.39 Å². The van der Waals surface area contributed by atoms with Gasteiger partial charge in [0.25, 0.3) is 11.8 Å². The number of halogens is 1. The first-order valence-corrected chi connectivity index (χ1v) is 9.27. The van der Waals surface area contributed by atoms with Gasteiger partial charge >= 0.3 is 0 Å². The second-order valence-electron chi connectivity index (χ2n) is 6.80. The largest absolute Gasteiger partial charge is 0.496 e. The van der Waals surface area contributed by atoms with Crippen LogP contribution in [0, 0.1) is 5.92 Å². The van der Waals surface area contributed by atoms with Crippen LogP contribution in [0.15, 0.2) is 18.3 Å². The van der Waals surface area contributed by atoms with E-state index in [1.807, 2.05) is 13.8 Å². The maximum atomic E-state index is 14.0. The fourth-order valence-corrected chi connectivity index (χ4v) is 3.65. The molecule has 3 N–H and O–H groups in total. The average molecular weight is 389 g/mol. The van der Waals surface area contributed by atoms with Crippen LogP contribution in [0.1, 0.15) is 36.2 Å². The Balaban J connectivity index is 1.97. The smallest absolute Gasteiger partial charge is 0.255 e. The number of rotatable bonds is 7. The molecule has 28 heavy (non-hydrogen) atoms. The van der Waals surface area contributed by atoms with E-state index in [0.717, 1.165) is 10.9 Å². The molecule has 1 saturated heterocycles. The van der Waals surface area contributed by atoms with Gasteiger partial charge in [0, 0.05) is 17.5 Å². The van der Waals surface area contributed by atoms with Gasteiger partial charge in [0.15, 0.2) is 6.17 Å². The van der Waals surface area contributed by atoms with Crippen molar-refractivity contribution in [2.75, 3.05) is 13.7 Å². The standard InChI is InChI=1S/C20H24FN3O4/c1-4-10-8-23-20(28-9-15-11(5-2)17(21)19(26)24-15)13-7-16(27-3)14(18(22)25)6-12(10)13/h6-8,11,15,17H,4-5,9H2,1-3H3,(H2,22,25)(H,24,26)/t11-,15+,17-/m0/s1. The number of nitrogens with zero attached hydrogens (tertiary/aromatic N) is 1. The third-order valence-corrected chi connectivity index (χ3v) is 5.24. The van der Waals surface area contributed by atoms with Crippen LogP contribution in [-0.4, -0.2) is 42.7 Å². The Labute approximate surface area is 162 Å². The predicted molar refractivity (Wildman–Crippen MR) is 102 cm³/mol. The Morgan fingerprint density at radius 1 is 1.32 bits per heavy atom. The maximum absolute atomic E-state index is 14.0. The summed E-state index contributed by atoms with van der Waals surface area (Å²) >= 11 is 0. The molecule has 1 aromatic heterocycles. The highest BCUT2D eigenvalue weighted by Gasteiger charge is 2.41. The Morgan fingerprint density at radius 3 is 2.68 bits per heavy atom. The van der Waals surface area contributed by atoms with Crippen LogP contribution in [0.2, 0.25) is 0 Å². The lowest BCUT2D eigenvalue weighted by Gasteiger charge is -2.19. The van der Waals surface area contributed by atoms with E-state index in [-0.39, 0.29) is 12.2 Å². The van der Waals surface area contributed by atoms with Crippen LogP contribution < -0.4 is 20.5 Å². The molecular weight excluding hydrogens is 365 g/mol. The molecule has 0 radical (unpaired) electrons. The van der Waals surface area contributed by atoms with Crippen molar-refractivity contribution in [1.29, 1.82) is 0 Å². The molecule has 3 rings (SSSR count). The zero-order chi connectivity index (χ0) is 20.4. The Bertz CT molecular complexity index is 918. The lowest BCUT2D eigenvalue weighted by molar-refractivity contribution is -0.123. The normalized spacial score (nSPS) is 21.6. The second-order valence-corrected chi connectivity index (χ2v) is 6.80. The number of ether oxygens (including phenoxy) is 2. The van der Waals surface area contributed by atoms with Gasteiger partial charge in [0.2, 0.25) is 5.88 Å². The van der Waals surface area contributed by atoms with E-state index >= 15 is 0 Å². The van der Waals surface area contributed by atoms with Crippen molar-refractivity contribution < 1.29 is 23.5 Å². The first kappa shape index (κ1) is 19.9.